The molecule has 0 saturated carbocycles. The molecule has 2 heterocycles. The Morgan fingerprint density at radius 3 is 2.72 bits per heavy atom. The Labute approximate surface area is 185 Å². The molecule has 1 aliphatic rings. The lowest BCUT2D eigenvalue weighted by Gasteiger charge is -2.19. The lowest BCUT2D eigenvalue weighted by Crippen LogP contribution is -2.42. The average molecular weight is 434 g/mol. The number of hydrogen-bond donors (Lipinski definition) is 2. The van der Waals surface area contributed by atoms with Gasteiger partial charge < -0.3 is 20.2 Å². The van der Waals surface area contributed by atoms with E-state index in [1.807, 2.05) is 36.4 Å². The second-order valence-corrected chi connectivity index (χ2v) is 8.18. The zero-order valence-corrected chi connectivity index (χ0v) is 17.9. The van der Waals surface area contributed by atoms with Gasteiger partial charge in [-0.25, -0.2) is 4.79 Å². The number of nitriles is 1. The van der Waals surface area contributed by atoms with Crippen LogP contribution in [0.3, 0.4) is 0 Å². The van der Waals surface area contributed by atoms with Gasteiger partial charge in [-0.2, -0.15) is 5.26 Å². The summed E-state index contributed by atoms with van der Waals surface area (Å²) in [7, 11) is 1.67. The van der Waals surface area contributed by atoms with Crippen molar-refractivity contribution in [3.63, 3.8) is 0 Å². The number of nitrogens with zero attached hydrogens (tertiary/aromatic N) is 2. The minimum atomic E-state index is -0.637. The fraction of sp³-hybridized carbons (Fsp3) is 0.375. The molecule has 0 radical (unpaired) electrons. The van der Waals surface area contributed by atoms with Crippen molar-refractivity contribution < 1.29 is 13.9 Å². The third-order valence-electron chi connectivity index (χ3n) is 5.87. The first-order valence-corrected chi connectivity index (χ1v) is 10.7. The molecule has 1 aliphatic heterocycles. The fourth-order valence-electron chi connectivity index (χ4n) is 4.04. The molecule has 166 valence electrons. The van der Waals surface area contributed by atoms with Gasteiger partial charge in [0.25, 0.3) is 0 Å². The maximum atomic E-state index is 12.3. The summed E-state index contributed by atoms with van der Waals surface area (Å²) in [5.74, 6) is -0.635. The number of carbonyl (C=O) groups excluding carboxylic acids is 1. The van der Waals surface area contributed by atoms with Crippen molar-refractivity contribution in [3.8, 4) is 17.2 Å². The Kier molecular flexibility index (Phi) is 6.40. The zero-order valence-electron chi connectivity index (χ0n) is 17.9. The minimum Gasteiger partial charge on any atom is -0.408 e. The summed E-state index contributed by atoms with van der Waals surface area (Å²) in [5, 5.41) is 12.3. The third kappa shape index (κ3) is 4.74. The van der Waals surface area contributed by atoms with Crippen LogP contribution in [0.5, 0.6) is 0 Å². The second-order valence-electron chi connectivity index (χ2n) is 8.18. The number of oxazole rings is 1. The number of fused-ring (bicyclic) bond motifs is 1. The number of hydrogen-bond acceptors (Lipinski definition) is 6. The summed E-state index contributed by atoms with van der Waals surface area (Å²) in [5.41, 5.74) is 10.2. The van der Waals surface area contributed by atoms with E-state index < -0.39 is 11.8 Å². The maximum absolute atomic E-state index is 12.3. The molecule has 8 nitrogen and oxygen atoms in total. The van der Waals surface area contributed by atoms with E-state index in [1.165, 1.54) is 4.57 Å². The largest absolute Gasteiger partial charge is 0.419 e. The number of aryl methyl sites for hydroxylation is 1. The van der Waals surface area contributed by atoms with E-state index >= 15 is 0 Å². The Hall–Kier alpha value is -3.41. The van der Waals surface area contributed by atoms with E-state index in [-0.39, 0.29) is 24.5 Å². The summed E-state index contributed by atoms with van der Waals surface area (Å²) < 4.78 is 12.2. The van der Waals surface area contributed by atoms with Crippen LogP contribution in [0.25, 0.3) is 22.2 Å². The third-order valence-corrected chi connectivity index (χ3v) is 5.87. The van der Waals surface area contributed by atoms with Crippen LogP contribution in [-0.4, -0.2) is 35.3 Å². The van der Waals surface area contributed by atoms with Gasteiger partial charge in [0, 0.05) is 32.5 Å². The van der Waals surface area contributed by atoms with Crippen LogP contribution in [0, 0.1) is 11.3 Å². The lowest BCUT2D eigenvalue weighted by atomic mass is 10.0. The molecule has 0 aliphatic carbocycles. The van der Waals surface area contributed by atoms with Gasteiger partial charge in [-0.15, -0.1) is 0 Å². The average Bonchev–Trinajstić information content (AvgIpc) is 3.42. The van der Waals surface area contributed by atoms with Crippen molar-refractivity contribution in [3.05, 3.63) is 58.6 Å². The van der Waals surface area contributed by atoms with E-state index in [1.54, 1.807) is 13.1 Å². The van der Waals surface area contributed by atoms with Crippen LogP contribution < -0.4 is 16.8 Å². The van der Waals surface area contributed by atoms with Gasteiger partial charge in [-0.05, 0) is 41.7 Å². The molecule has 1 saturated heterocycles. The predicted octanol–water partition coefficient (Wildman–Crippen LogP) is 2.25. The number of rotatable bonds is 7. The summed E-state index contributed by atoms with van der Waals surface area (Å²) in [6.45, 7) is 0.685. The quantitative estimate of drug-likeness (QED) is 0.588. The Morgan fingerprint density at radius 2 is 2.03 bits per heavy atom. The molecule has 1 amide bonds. The first kappa shape index (κ1) is 21.8. The van der Waals surface area contributed by atoms with Gasteiger partial charge >= 0.3 is 5.76 Å². The highest BCUT2D eigenvalue weighted by Gasteiger charge is 2.25. The molecular weight excluding hydrogens is 408 g/mol. The van der Waals surface area contributed by atoms with Crippen molar-refractivity contribution in [2.75, 3.05) is 6.61 Å². The fourth-order valence-corrected chi connectivity index (χ4v) is 4.04. The predicted molar refractivity (Wildman–Crippen MR) is 120 cm³/mol. The van der Waals surface area contributed by atoms with E-state index in [9.17, 15) is 14.9 Å². The molecule has 8 heteroatoms. The molecule has 3 aromatic rings. The number of carbonyl (C=O) groups is 1. The van der Waals surface area contributed by atoms with Crippen LogP contribution >= 0.6 is 0 Å². The van der Waals surface area contributed by atoms with Crippen molar-refractivity contribution in [2.24, 2.45) is 12.8 Å². The molecule has 4 rings (SSSR count). The normalized spacial score (nSPS) is 17.7. The summed E-state index contributed by atoms with van der Waals surface area (Å²) >= 11 is 0. The van der Waals surface area contributed by atoms with E-state index in [2.05, 4.69) is 11.4 Å². The standard InChI is InChI=1S/C24H26N4O4/c1-28-20-12-17(8-9-22(20)32-24(28)30)16-6-4-15(5-7-16)11-18(14-25)27-23(29)13-19(26)21-3-2-10-31-21/h4-9,12,18-19,21H,2-3,10-11,13,26H2,1H3,(H,27,29). The van der Waals surface area contributed by atoms with Crippen molar-refractivity contribution in [2.45, 2.75) is 43.9 Å². The molecule has 32 heavy (non-hydrogen) atoms. The number of ether oxygens (including phenoxy) is 1. The molecule has 3 atom stereocenters. The topological polar surface area (TPSA) is 123 Å². The maximum Gasteiger partial charge on any atom is 0.419 e. The number of amides is 1. The molecule has 0 spiro atoms. The van der Waals surface area contributed by atoms with Gasteiger partial charge in [-0.3, -0.25) is 9.36 Å². The molecule has 3 unspecified atom stereocenters. The Bertz CT molecular complexity index is 1200. The van der Waals surface area contributed by atoms with Gasteiger partial charge in [0.15, 0.2) is 5.58 Å². The molecular formula is C24H26N4O4. The Balaban J connectivity index is 1.39. The molecule has 3 N–H and O–H groups in total. The van der Waals surface area contributed by atoms with Crippen LogP contribution in [0.4, 0.5) is 0 Å². The van der Waals surface area contributed by atoms with Gasteiger partial charge in [0.2, 0.25) is 5.91 Å². The summed E-state index contributed by atoms with van der Waals surface area (Å²) in [6, 6.07) is 14.5. The van der Waals surface area contributed by atoms with Crippen molar-refractivity contribution >= 4 is 17.0 Å². The molecule has 1 fully saturated rings. The highest BCUT2D eigenvalue weighted by molar-refractivity contribution is 5.80. The van der Waals surface area contributed by atoms with Crippen LogP contribution in [0.1, 0.15) is 24.8 Å². The van der Waals surface area contributed by atoms with Crippen LogP contribution in [-0.2, 0) is 23.0 Å². The number of nitrogens with one attached hydrogen (secondary N) is 1. The van der Waals surface area contributed by atoms with Gasteiger partial charge in [-0.1, -0.05) is 30.3 Å². The van der Waals surface area contributed by atoms with Crippen LogP contribution in [0.2, 0.25) is 0 Å². The molecule has 0 bridgehead atoms. The van der Waals surface area contributed by atoms with E-state index in [0.29, 0.717) is 18.6 Å². The van der Waals surface area contributed by atoms with Crippen LogP contribution in [0.15, 0.2) is 51.7 Å². The zero-order chi connectivity index (χ0) is 22.7. The van der Waals surface area contributed by atoms with Crippen molar-refractivity contribution in [1.29, 1.82) is 5.26 Å². The van der Waals surface area contributed by atoms with Gasteiger partial charge in [0.1, 0.15) is 6.04 Å². The van der Waals surface area contributed by atoms with Crippen molar-refractivity contribution in [1.82, 2.24) is 9.88 Å². The minimum absolute atomic E-state index is 0.0856. The Morgan fingerprint density at radius 1 is 1.28 bits per heavy atom. The highest BCUT2D eigenvalue weighted by Crippen LogP contribution is 2.24. The number of benzene rings is 2. The van der Waals surface area contributed by atoms with E-state index in [0.717, 1.165) is 35.0 Å². The SMILES string of the molecule is Cn1c(=O)oc2ccc(-c3ccc(CC(C#N)NC(=O)CC(N)C4CCCO4)cc3)cc21. The first-order valence-electron chi connectivity index (χ1n) is 10.7. The van der Waals surface area contributed by atoms with Gasteiger partial charge in [0.05, 0.1) is 17.7 Å². The number of nitrogens with two attached hydrogens (primary N) is 1. The monoisotopic (exact) mass is 434 g/mol. The second kappa shape index (κ2) is 9.39. The summed E-state index contributed by atoms with van der Waals surface area (Å²) in [6.07, 6.45) is 2.28. The summed E-state index contributed by atoms with van der Waals surface area (Å²) in [4.78, 5) is 24.0. The van der Waals surface area contributed by atoms with E-state index in [4.69, 9.17) is 14.9 Å². The molecule has 2 aromatic carbocycles. The molecule has 1 aromatic heterocycles. The lowest BCUT2D eigenvalue weighted by molar-refractivity contribution is -0.122. The highest BCUT2D eigenvalue weighted by atomic mass is 16.5. The number of aromatic nitrogens is 1. The first-order chi connectivity index (χ1) is 15.4. The smallest absolute Gasteiger partial charge is 0.408 e.